The third-order valence-corrected chi connectivity index (χ3v) is 4.30. The number of carbonyl (C=O) groups excluding carboxylic acids is 1. The molecule has 3 rings (SSSR count). The first kappa shape index (κ1) is 13.6. The fourth-order valence-corrected chi connectivity index (χ4v) is 2.66. The number of aromatic nitrogens is 2. The molecule has 2 aliphatic rings. The fourth-order valence-electron chi connectivity index (χ4n) is 2.66. The molecule has 110 valence electrons. The van der Waals surface area contributed by atoms with Crippen LogP contribution in [0.25, 0.3) is 0 Å². The number of hydrogen-bond donors (Lipinski definition) is 2. The molecule has 0 radical (unpaired) electrons. The Labute approximate surface area is 118 Å². The van der Waals surface area contributed by atoms with Crippen LogP contribution in [0.3, 0.4) is 0 Å². The van der Waals surface area contributed by atoms with E-state index < -0.39 is 0 Å². The summed E-state index contributed by atoms with van der Waals surface area (Å²) in [5, 5.41) is 0. The van der Waals surface area contributed by atoms with Gasteiger partial charge in [-0.1, -0.05) is 0 Å². The first-order valence-electron chi connectivity index (χ1n) is 7.27. The van der Waals surface area contributed by atoms with E-state index in [9.17, 15) is 4.79 Å². The molecule has 0 spiro atoms. The van der Waals surface area contributed by atoms with Crippen LogP contribution >= 0.6 is 0 Å². The molecule has 3 N–H and O–H groups in total. The summed E-state index contributed by atoms with van der Waals surface area (Å²) in [5.41, 5.74) is 6.19. The molecular formula is C14H21N3O3. The van der Waals surface area contributed by atoms with E-state index in [-0.39, 0.29) is 11.5 Å². The lowest BCUT2D eigenvalue weighted by Gasteiger charge is -2.35. The number of H-pyrrole nitrogens is 1. The molecule has 1 saturated heterocycles. The van der Waals surface area contributed by atoms with Crippen LogP contribution in [0.5, 0.6) is 0 Å². The summed E-state index contributed by atoms with van der Waals surface area (Å²) < 4.78 is 10.6. The minimum absolute atomic E-state index is 0.349. The first-order chi connectivity index (χ1) is 9.67. The minimum Gasteiger partial charge on any atom is -0.461 e. The van der Waals surface area contributed by atoms with Crippen molar-refractivity contribution >= 4 is 5.97 Å². The van der Waals surface area contributed by atoms with Crippen LogP contribution in [-0.4, -0.2) is 35.8 Å². The standard InChI is InChI=1S/C14H21N3O3/c15-14(4-1-5-14)13-16-8-11(17-13)12(18)20-9-10-2-6-19-7-3-10/h8,10H,1-7,9,15H2,(H,16,17). The summed E-state index contributed by atoms with van der Waals surface area (Å²) in [7, 11) is 0. The van der Waals surface area contributed by atoms with Gasteiger partial charge in [-0.05, 0) is 38.0 Å². The van der Waals surface area contributed by atoms with Crippen molar-refractivity contribution in [3.05, 3.63) is 17.7 Å². The number of nitrogens with two attached hydrogens (primary N) is 1. The van der Waals surface area contributed by atoms with E-state index in [1.165, 1.54) is 6.20 Å². The number of hydrogen-bond acceptors (Lipinski definition) is 5. The third-order valence-electron chi connectivity index (χ3n) is 4.30. The fraction of sp³-hybridized carbons (Fsp3) is 0.714. The van der Waals surface area contributed by atoms with E-state index in [0.717, 1.165) is 45.3 Å². The summed E-state index contributed by atoms with van der Waals surface area (Å²) in [6, 6.07) is 0. The number of carbonyl (C=O) groups is 1. The predicted molar refractivity (Wildman–Crippen MR) is 72.1 cm³/mol. The maximum absolute atomic E-state index is 12.0. The van der Waals surface area contributed by atoms with Crippen LogP contribution in [0.4, 0.5) is 0 Å². The van der Waals surface area contributed by atoms with Crippen molar-refractivity contribution in [2.24, 2.45) is 11.7 Å². The van der Waals surface area contributed by atoms with Crippen LogP contribution in [0.15, 0.2) is 6.20 Å². The zero-order chi connectivity index (χ0) is 14.0. The van der Waals surface area contributed by atoms with Gasteiger partial charge in [0.2, 0.25) is 0 Å². The maximum Gasteiger partial charge on any atom is 0.356 e. The van der Waals surface area contributed by atoms with E-state index in [4.69, 9.17) is 15.2 Å². The Balaban J connectivity index is 1.54. The molecule has 6 nitrogen and oxygen atoms in total. The van der Waals surface area contributed by atoms with Crippen molar-refractivity contribution in [3.63, 3.8) is 0 Å². The molecule has 0 bridgehead atoms. The molecule has 1 aromatic rings. The Kier molecular flexibility index (Phi) is 3.76. The second-order valence-corrected chi connectivity index (χ2v) is 5.81. The molecule has 1 aliphatic heterocycles. The molecule has 0 unspecified atom stereocenters. The van der Waals surface area contributed by atoms with Crippen LogP contribution in [0.2, 0.25) is 0 Å². The summed E-state index contributed by atoms with van der Waals surface area (Å²) in [5.74, 6) is 0.752. The highest BCUT2D eigenvalue weighted by Gasteiger charge is 2.37. The largest absolute Gasteiger partial charge is 0.461 e. The Hall–Kier alpha value is -1.40. The lowest BCUT2D eigenvalue weighted by molar-refractivity contribution is 0.0181. The van der Waals surface area contributed by atoms with Crippen molar-refractivity contribution in [2.45, 2.75) is 37.6 Å². The SMILES string of the molecule is NC1(c2ncc(C(=O)OCC3CCOCC3)[nH]2)CCC1. The molecule has 0 amide bonds. The highest BCUT2D eigenvalue weighted by molar-refractivity contribution is 5.87. The maximum atomic E-state index is 12.0. The van der Waals surface area contributed by atoms with Crippen LogP contribution < -0.4 is 5.73 Å². The third kappa shape index (κ3) is 2.71. The van der Waals surface area contributed by atoms with E-state index >= 15 is 0 Å². The minimum atomic E-state index is -0.376. The van der Waals surface area contributed by atoms with E-state index in [2.05, 4.69) is 9.97 Å². The number of nitrogens with zero attached hydrogens (tertiary/aromatic N) is 1. The molecule has 6 heteroatoms. The van der Waals surface area contributed by atoms with Crippen molar-refractivity contribution < 1.29 is 14.3 Å². The van der Waals surface area contributed by atoms with E-state index in [1.54, 1.807) is 0 Å². The first-order valence-corrected chi connectivity index (χ1v) is 7.27. The Morgan fingerprint density at radius 1 is 1.50 bits per heavy atom. The van der Waals surface area contributed by atoms with Crippen molar-refractivity contribution in [1.29, 1.82) is 0 Å². The second-order valence-electron chi connectivity index (χ2n) is 5.81. The number of esters is 1. The van der Waals surface area contributed by atoms with Crippen LogP contribution in [-0.2, 0) is 15.0 Å². The van der Waals surface area contributed by atoms with Crippen molar-refractivity contribution in [1.82, 2.24) is 9.97 Å². The Morgan fingerprint density at radius 2 is 2.25 bits per heavy atom. The van der Waals surface area contributed by atoms with Gasteiger partial charge >= 0.3 is 5.97 Å². The topological polar surface area (TPSA) is 90.2 Å². The van der Waals surface area contributed by atoms with Gasteiger partial charge in [-0.25, -0.2) is 9.78 Å². The normalized spacial score (nSPS) is 22.2. The summed E-state index contributed by atoms with van der Waals surface area (Å²) >= 11 is 0. The molecule has 1 aromatic heterocycles. The highest BCUT2D eigenvalue weighted by atomic mass is 16.5. The zero-order valence-corrected chi connectivity index (χ0v) is 11.6. The summed E-state index contributed by atoms with van der Waals surface area (Å²) in [4.78, 5) is 19.2. The molecule has 0 aromatic carbocycles. The second kappa shape index (κ2) is 5.54. The average molecular weight is 279 g/mol. The number of rotatable bonds is 4. The van der Waals surface area contributed by atoms with Gasteiger partial charge in [0, 0.05) is 13.2 Å². The smallest absolute Gasteiger partial charge is 0.356 e. The molecule has 2 heterocycles. The average Bonchev–Trinajstić information content (AvgIpc) is 2.93. The Bertz CT molecular complexity index is 476. The Morgan fingerprint density at radius 3 is 2.90 bits per heavy atom. The number of imidazole rings is 1. The molecule has 2 fully saturated rings. The molecule has 20 heavy (non-hydrogen) atoms. The number of ether oxygens (including phenoxy) is 2. The molecule has 1 saturated carbocycles. The molecular weight excluding hydrogens is 258 g/mol. The van der Waals surface area contributed by atoms with Gasteiger partial charge in [0.05, 0.1) is 18.3 Å². The monoisotopic (exact) mass is 279 g/mol. The highest BCUT2D eigenvalue weighted by Crippen LogP contribution is 2.36. The number of nitrogens with one attached hydrogen (secondary N) is 1. The van der Waals surface area contributed by atoms with Crippen molar-refractivity contribution in [3.8, 4) is 0 Å². The quantitative estimate of drug-likeness (QED) is 0.811. The van der Waals surface area contributed by atoms with Gasteiger partial charge < -0.3 is 20.2 Å². The van der Waals surface area contributed by atoms with Gasteiger partial charge in [0.25, 0.3) is 0 Å². The van der Waals surface area contributed by atoms with E-state index in [0.29, 0.717) is 24.0 Å². The summed E-state index contributed by atoms with van der Waals surface area (Å²) in [6.45, 7) is 1.96. The predicted octanol–water partition coefficient (Wildman–Crippen LogP) is 1.33. The van der Waals surface area contributed by atoms with Crippen LogP contribution in [0, 0.1) is 5.92 Å². The van der Waals surface area contributed by atoms with Gasteiger partial charge in [0.15, 0.2) is 0 Å². The van der Waals surface area contributed by atoms with Gasteiger partial charge in [-0.15, -0.1) is 0 Å². The van der Waals surface area contributed by atoms with Crippen molar-refractivity contribution in [2.75, 3.05) is 19.8 Å². The van der Waals surface area contributed by atoms with Gasteiger partial charge in [0.1, 0.15) is 11.5 Å². The van der Waals surface area contributed by atoms with Gasteiger partial charge in [-0.3, -0.25) is 0 Å². The zero-order valence-electron chi connectivity index (χ0n) is 11.6. The number of aromatic amines is 1. The lowest BCUT2D eigenvalue weighted by atomic mass is 9.77. The van der Waals surface area contributed by atoms with E-state index in [1.807, 2.05) is 0 Å². The summed E-state index contributed by atoms with van der Waals surface area (Å²) in [6.07, 6.45) is 6.37. The molecule has 1 aliphatic carbocycles. The van der Waals surface area contributed by atoms with Gasteiger partial charge in [-0.2, -0.15) is 0 Å². The lowest BCUT2D eigenvalue weighted by Crippen LogP contribution is -2.44. The molecule has 0 atom stereocenters. The van der Waals surface area contributed by atoms with Crippen LogP contribution in [0.1, 0.15) is 48.4 Å².